The molecule has 26 heavy (non-hydrogen) atoms. The zero-order valence-corrected chi connectivity index (χ0v) is 15.6. The van der Waals surface area contributed by atoms with Gasteiger partial charge in [-0.1, -0.05) is 42.5 Å². The van der Waals surface area contributed by atoms with Crippen molar-refractivity contribution in [1.82, 2.24) is 4.90 Å². The number of methoxy groups -OCH3 is 1. The van der Waals surface area contributed by atoms with Crippen LogP contribution >= 0.6 is 0 Å². The molecule has 0 bridgehead atoms. The summed E-state index contributed by atoms with van der Waals surface area (Å²) in [6, 6.07) is 17.8. The van der Waals surface area contributed by atoms with Gasteiger partial charge in [0.1, 0.15) is 11.9 Å². The van der Waals surface area contributed by atoms with Gasteiger partial charge in [-0.3, -0.25) is 4.79 Å². The lowest BCUT2D eigenvalue weighted by atomic mass is 10.1. The average Bonchev–Trinajstić information content (AvgIpc) is 2.69. The third kappa shape index (κ3) is 6.17. The molecule has 0 aromatic heterocycles. The van der Waals surface area contributed by atoms with Crippen LogP contribution < -0.4 is 10.5 Å². The van der Waals surface area contributed by atoms with Crippen LogP contribution in [-0.2, 0) is 22.6 Å². The first kappa shape index (κ1) is 19.9. The molecule has 1 unspecified atom stereocenters. The zero-order valence-electron chi connectivity index (χ0n) is 15.6. The highest BCUT2D eigenvalue weighted by atomic mass is 16.5. The highest BCUT2D eigenvalue weighted by Gasteiger charge is 2.20. The number of amides is 1. The number of benzene rings is 2. The van der Waals surface area contributed by atoms with E-state index in [1.165, 1.54) is 5.56 Å². The van der Waals surface area contributed by atoms with Crippen LogP contribution in [0.2, 0.25) is 0 Å². The molecule has 0 aliphatic carbocycles. The molecular formula is C21H28N2O3. The quantitative estimate of drug-likeness (QED) is 0.711. The van der Waals surface area contributed by atoms with E-state index in [0.717, 1.165) is 17.7 Å². The maximum absolute atomic E-state index is 12.7. The predicted octanol–water partition coefficient (Wildman–Crippen LogP) is 2.63. The van der Waals surface area contributed by atoms with Crippen molar-refractivity contribution in [1.29, 1.82) is 0 Å². The van der Waals surface area contributed by atoms with Crippen molar-refractivity contribution in [3.8, 4) is 5.75 Å². The van der Waals surface area contributed by atoms with E-state index in [9.17, 15) is 4.79 Å². The molecule has 0 aliphatic heterocycles. The highest BCUT2D eigenvalue weighted by Crippen LogP contribution is 2.14. The van der Waals surface area contributed by atoms with Crippen LogP contribution in [0, 0.1) is 0 Å². The second-order valence-corrected chi connectivity index (χ2v) is 6.15. The zero-order chi connectivity index (χ0) is 18.8. The first-order valence-electron chi connectivity index (χ1n) is 8.91. The van der Waals surface area contributed by atoms with Crippen LogP contribution in [0.4, 0.5) is 0 Å². The minimum Gasteiger partial charge on any atom is -0.497 e. The largest absolute Gasteiger partial charge is 0.497 e. The number of hydrogen-bond donors (Lipinski definition) is 1. The molecule has 0 saturated carbocycles. The molecule has 2 rings (SSSR count). The van der Waals surface area contributed by atoms with E-state index in [4.69, 9.17) is 15.2 Å². The summed E-state index contributed by atoms with van der Waals surface area (Å²) in [5.41, 5.74) is 7.86. The van der Waals surface area contributed by atoms with Gasteiger partial charge in [-0.05, 0) is 36.6 Å². The summed E-state index contributed by atoms with van der Waals surface area (Å²) in [4.78, 5) is 14.5. The Labute approximate surface area is 155 Å². The monoisotopic (exact) mass is 356 g/mol. The summed E-state index contributed by atoms with van der Waals surface area (Å²) in [5, 5.41) is 0. The SMILES string of the molecule is COc1cccc(COC(C)C(=O)N(CCN)CCc2ccccc2)c1. The van der Waals surface area contributed by atoms with Crippen LogP contribution in [0.3, 0.4) is 0 Å². The summed E-state index contributed by atoms with van der Waals surface area (Å²) in [6.07, 6.45) is 0.276. The van der Waals surface area contributed by atoms with Crippen molar-refractivity contribution in [2.24, 2.45) is 5.73 Å². The standard InChI is InChI=1S/C21H28N2O3/c1-17(26-16-19-9-6-10-20(15-19)25-2)21(24)23(14-12-22)13-11-18-7-4-3-5-8-18/h3-10,15,17H,11-14,16,22H2,1-2H3. The average molecular weight is 356 g/mol. The summed E-state index contributed by atoms with van der Waals surface area (Å²) < 4.78 is 11.0. The van der Waals surface area contributed by atoms with E-state index in [-0.39, 0.29) is 5.91 Å². The molecule has 0 spiro atoms. The summed E-state index contributed by atoms with van der Waals surface area (Å²) in [6.45, 7) is 3.74. The van der Waals surface area contributed by atoms with Crippen molar-refractivity contribution in [2.45, 2.75) is 26.1 Å². The number of hydrogen-bond acceptors (Lipinski definition) is 4. The molecule has 1 atom stereocenters. The number of rotatable bonds is 10. The Bertz CT molecular complexity index is 676. The second-order valence-electron chi connectivity index (χ2n) is 6.15. The van der Waals surface area contributed by atoms with Gasteiger partial charge in [0, 0.05) is 19.6 Å². The fourth-order valence-electron chi connectivity index (χ4n) is 2.71. The minimum atomic E-state index is -0.525. The van der Waals surface area contributed by atoms with Gasteiger partial charge in [0.2, 0.25) is 0 Å². The molecule has 2 aromatic rings. The maximum Gasteiger partial charge on any atom is 0.251 e. The fraction of sp³-hybridized carbons (Fsp3) is 0.381. The Morgan fingerprint density at radius 2 is 1.81 bits per heavy atom. The summed E-state index contributed by atoms with van der Waals surface area (Å²) in [5.74, 6) is 0.743. The minimum absolute atomic E-state index is 0.0331. The van der Waals surface area contributed by atoms with Gasteiger partial charge >= 0.3 is 0 Å². The molecule has 0 heterocycles. The fourth-order valence-corrected chi connectivity index (χ4v) is 2.71. The Hall–Kier alpha value is -2.37. The number of carbonyl (C=O) groups excluding carboxylic acids is 1. The van der Waals surface area contributed by atoms with E-state index >= 15 is 0 Å². The Morgan fingerprint density at radius 3 is 2.50 bits per heavy atom. The van der Waals surface area contributed by atoms with Crippen LogP contribution in [0.5, 0.6) is 5.75 Å². The normalized spacial score (nSPS) is 11.8. The molecule has 2 aromatic carbocycles. The lowest BCUT2D eigenvalue weighted by Crippen LogP contribution is -2.42. The van der Waals surface area contributed by atoms with Gasteiger partial charge < -0.3 is 20.1 Å². The van der Waals surface area contributed by atoms with Gasteiger partial charge in [-0.15, -0.1) is 0 Å². The van der Waals surface area contributed by atoms with Crippen LogP contribution in [0.25, 0.3) is 0 Å². The van der Waals surface area contributed by atoms with Gasteiger partial charge in [-0.2, -0.15) is 0 Å². The molecule has 5 nitrogen and oxygen atoms in total. The topological polar surface area (TPSA) is 64.8 Å². The molecule has 5 heteroatoms. The van der Waals surface area contributed by atoms with Crippen LogP contribution in [0.15, 0.2) is 54.6 Å². The van der Waals surface area contributed by atoms with E-state index < -0.39 is 6.10 Å². The third-order valence-corrected chi connectivity index (χ3v) is 4.21. The first-order chi connectivity index (χ1) is 12.6. The number of ether oxygens (including phenoxy) is 2. The second kappa shape index (κ2) is 10.6. The Morgan fingerprint density at radius 1 is 1.08 bits per heavy atom. The van der Waals surface area contributed by atoms with Crippen molar-refractivity contribution >= 4 is 5.91 Å². The molecule has 0 fully saturated rings. The van der Waals surface area contributed by atoms with E-state index in [2.05, 4.69) is 12.1 Å². The lowest BCUT2D eigenvalue weighted by Gasteiger charge is -2.25. The van der Waals surface area contributed by atoms with Crippen molar-refractivity contribution < 1.29 is 14.3 Å². The molecule has 140 valence electrons. The molecule has 0 radical (unpaired) electrons. The Balaban J connectivity index is 1.89. The van der Waals surface area contributed by atoms with E-state index in [1.54, 1.807) is 18.9 Å². The van der Waals surface area contributed by atoms with E-state index in [1.807, 2.05) is 42.5 Å². The van der Waals surface area contributed by atoms with Gasteiger partial charge in [0.15, 0.2) is 0 Å². The van der Waals surface area contributed by atoms with Gasteiger partial charge in [0.25, 0.3) is 5.91 Å². The van der Waals surface area contributed by atoms with E-state index in [0.29, 0.717) is 26.2 Å². The molecule has 1 amide bonds. The first-order valence-corrected chi connectivity index (χ1v) is 8.91. The smallest absolute Gasteiger partial charge is 0.251 e. The Kier molecular flexibility index (Phi) is 8.12. The van der Waals surface area contributed by atoms with Crippen LogP contribution in [-0.4, -0.2) is 43.7 Å². The van der Waals surface area contributed by atoms with Crippen molar-refractivity contribution in [3.63, 3.8) is 0 Å². The molecule has 0 saturated heterocycles. The van der Waals surface area contributed by atoms with Gasteiger partial charge in [-0.25, -0.2) is 0 Å². The van der Waals surface area contributed by atoms with Crippen molar-refractivity contribution in [2.75, 3.05) is 26.7 Å². The third-order valence-electron chi connectivity index (χ3n) is 4.21. The molecule has 2 N–H and O–H groups in total. The highest BCUT2D eigenvalue weighted by molar-refractivity contribution is 5.80. The molecular weight excluding hydrogens is 328 g/mol. The summed E-state index contributed by atoms with van der Waals surface area (Å²) >= 11 is 0. The number of nitrogens with zero attached hydrogens (tertiary/aromatic N) is 1. The van der Waals surface area contributed by atoms with Crippen LogP contribution in [0.1, 0.15) is 18.1 Å². The van der Waals surface area contributed by atoms with Gasteiger partial charge in [0.05, 0.1) is 13.7 Å². The molecule has 0 aliphatic rings. The number of nitrogens with two attached hydrogens (primary N) is 1. The number of carbonyl (C=O) groups is 1. The predicted molar refractivity (Wildman–Crippen MR) is 103 cm³/mol. The lowest BCUT2D eigenvalue weighted by molar-refractivity contribution is -0.143. The summed E-state index contributed by atoms with van der Waals surface area (Å²) in [7, 11) is 1.63. The van der Waals surface area contributed by atoms with Crippen molar-refractivity contribution in [3.05, 3.63) is 65.7 Å². The maximum atomic E-state index is 12.7.